The van der Waals surface area contributed by atoms with Crippen LogP contribution in [0.3, 0.4) is 0 Å². The largest absolute Gasteiger partial charge is 0.349 e. The standard InChI is InChI=1S/C18H31N3O2/c1-20(2)17(22)8-4-7-16-15-9-13(10-19-16)11-21(12-15)18(23)14-5-3-6-14/h13-16,19H,3-12H2,1-2H3/t13-,15+,16+/m0/s1. The molecule has 2 bridgehead atoms. The van der Waals surface area contributed by atoms with Gasteiger partial charge in [-0.05, 0) is 50.5 Å². The molecule has 3 rings (SSSR count). The summed E-state index contributed by atoms with van der Waals surface area (Å²) in [6.45, 7) is 2.90. The molecule has 2 amide bonds. The van der Waals surface area contributed by atoms with Crippen LogP contribution in [0.25, 0.3) is 0 Å². The average molecular weight is 321 g/mol. The highest BCUT2D eigenvalue weighted by molar-refractivity contribution is 5.79. The van der Waals surface area contributed by atoms with Gasteiger partial charge in [0.05, 0.1) is 0 Å². The van der Waals surface area contributed by atoms with Crippen LogP contribution in [0.2, 0.25) is 0 Å². The van der Waals surface area contributed by atoms with Gasteiger partial charge in [0, 0.05) is 45.6 Å². The molecule has 3 fully saturated rings. The predicted molar refractivity (Wildman–Crippen MR) is 89.9 cm³/mol. The normalized spacial score (nSPS) is 30.7. The Labute approximate surface area is 139 Å². The Balaban J connectivity index is 1.49. The molecule has 1 aliphatic carbocycles. The van der Waals surface area contributed by atoms with Gasteiger partial charge in [-0.1, -0.05) is 6.42 Å². The first kappa shape index (κ1) is 16.7. The van der Waals surface area contributed by atoms with Gasteiger partial charge in [0.15, 0.2) is 0 Å². The molecule has 3 aliphatic rings. The number of carbonyl (C=O) groups is 2. The zero-order valence-corrected chi connectivity index (χ0v) is 14.6. The Kier molecular flexibility index (Phi) is 5.24. The zero-order valence-electron chi connectivity index (χ0n) is 14.6. The van der Waals surface area contributed by atoms with Crippen molar-refractivity contribution in [1.82, 2.24) is 15.1 Å². The number of amides is 2. The van der Waals surface area contributed by atoms with Crippen LogP contribution in [-0.2, 0) is 9.59 Å². The number of hydrogen-bond acceptors (Lipinski definition) is 3. The van der Waals surface area contributed by atoms with Crippen molar-refractivity contribution in [1.29, 1.82) is 0 Å². The summed E-state index contributed by atoms with van der Waals surface area (Å²) in [7, 11) is 3.63. The molecule has 0 radical (unpaired) electrons. The molecule has 23 heavy (non-hydrogen) atoms. The fourth-order valence-corrected chi connectivity index (χ4v) is 4.30. The lowest BCUT2D eigenvalue weighted by Crippen LogP contribution is -2.58. The lowest BCUT2D eigenvalue weighted by atomic mass is 9.77. The van der Waals surface area contributed by atoms with Crippen LogP contribution < -0.4 is 5.32 Å². The molecule has 130 valence electrons. The average Bonchev–Trinajstić information content (AvgIpc) is 2.47. The molecular formula is C18H31N3O2. The second kappa shape index (κ2) is 7.20. The Hall–Kier alpha value is -1.10. The first-order valence-corrected chi connectivity index (χ1v) is 9.27. The van der Waals surface area contributed by atoms with Crippen molar-refractivity contribution in [3.63, 3.8) is 0 Å². The van der Waals surface area contributed by atoms with Crippen LogP contribution in [0.5, 0.6) is 0 Å². The highest BCUT2D eigenvalue weighted by Crippen LogP contribution is 2.34. The number of likely N-dealkylation sites (tertiary alicyclic amines) is 1. The summed E-state index contributed by atoms with van der Waals surface area (Å²) in [4.78, 5) is 28.1. The molecule has 5 heteroatoms. The molecule has 2 aliphatic heterocycles. The molecule has 5 nitrogen and oxygen atoms in total. The van der Waals surface area contributed by atoms with Gasteiger partial charge in [0.2, 0.25) is 11.8 Å². The van der Waals surface area contributed by atoms with E-state index >= 15 is 0 Å². The maximum atomic E-state index is 12.6. The van der Waals surface area contributed by atoms with E-state index in [-0.39, 0.29) is 5.91 Å². The highest BCUT2D eigenvalue weighted by Gasteiger charge is 2.40. The number of nitrogens with one attached hydrogen (secondary N) is 1. The SMILES string of the molecule is CN(C)C(=O)CCC[C@H]1NC[C@@H]2C[C@@H]1CN(C(=O)C1CCC1)C2. The summed E-state index contributed by atoms with van der Waals surface area (Å²) >= 11 is 0. The van der Waals surface area contributed by atoms with Crippen molar-refractivity contribution in [2.24, 2.45) is 17.8 Å². The van der Waals surface area contributed by atoms with Crippen LogP contribution in [0.1, 0.15) is 44.9 Å². The number of hydrogen-bond donors (Lipinski definition) is 1. The van der Waals surface area contributed by atoms with Crippen molar-refractivity contribution in [2.45, 2.75) is 51.0 Å². The van der Waals surface area contributed by atoms with Crippen molar-refractivity contribution < 1.29 is 9.59 Å². The summed E-state index contributed by atoms with van der Waals surface area (Å²) < 4.78 is 0. The second-order valence-electron chi connectivity index (χ2n) is 7.93. The molecule has 2 saturated heterocycles. The van der Waals surface area contributed by atoms with E-state index in [1.54, 1.807) is 4.90 Å². The Morgan fingerprint density at radius 2 is 2.00 bits per heavy atom. The van der Waals surface area contributed by atoms with Crippen molar-refractivity contribution in [3.8, 4) is 0 Å². The van der Waals surface area contributed by atoms with Crippen molar-refractivity contribution in [2.75, 3.05) is 33.7 Å². The first-order chi connectivity index (χ1) is 11.0. The van der Waals surface area contributed by atoms with E-state index in [9.17, 15) is 9.59 Å². The number of nitrogens with zero attached hydrogens (tertiary/aromatic N) is 2. The molecule has 0 unspecified atom stereocenters. The fraction of sp³-hybridized carbons (Fsp3) is 0.889. The number of rotatable bonds is 5. The number of fused-ring (bicyclic) bond motifs is 2. The van der Waals surface area contributed by atoms with E-state index in [4.69, 9.17) is 0 Å². The summed E-state index contributed by atoms with van der Waals surface area (Å²) in [5.74, 6) is 2.13. The van der Waals surface area contributed by atoms with Gasteiger partial charge in [-0.2, -0.15) is 0 Å². The van der Waals surface area contributed by atoms with Gasteiger partial charge in [-0.25, -0.2) is 0 Å². The topological polar surface area (TPSA) is 52.7 Å². The summed E-state index contributed by atoms with van der Waals surface area (Å²) in [6.07, 6.45) is 7.27. The highest BCUT2D eigenvalue weighted by atomic mass is 16.2. The van der Waals surface area contributed by atoms with Gasteiger partial charge in [0.1, 0.15) is 0 Å². The van der Waals surface area contributed by atoms with Crippen molar-refractivity contribution >= 4 is 11.8 Å². The van der Waals surface area contributed by atoms with E-state index in [0.717, 1.165) is 45.3 Å². The summed E-state index contributed by atoms with van der Waals surface area (Å²) in [6, 6.07) is 0.471. The molecule has 1 N–H and O–H groups in total. The van der Waals surface area contributed by atoms with E-state index in [1.165, 1.54) is 12.8 Å². The third-order valence-electron chi connectivity index (χ3n) is 5.98. The predicted octanol–water partition coefficient (Wildman–Crippen LogP) is 1.48. The van der Waals surface area contributed by atoms with E-state index in [1.807, 2.05) is 14.1 Å². The minimum Gasteiger partial charge on any atom is -0.349 e. The van der Waals surface area contributed by atoms with E-state index < -0.39 is 0 Å². The van der Waals surface area contributed by atoms with Crippen LogP contribution in [0.15, 0.2) is 0 Å². The van der Waals surface area contributed by atoms with Crippen LogP contribution >= 0.6 is 0 Å². The van der Waals surface area contributed by atoms with E-state index in [2.05, 4.69) is 10.2 Å². The summed E-state index contributed by atoms with van der Waals surface area (Å²) in [5.41, 5.74) is 0. The number of carbonyl (C=O) groups excluding carboxylic acids is 2. The van der Waals surface area contributed by atoms with Gasteiger partial charge < -0.3 is 15.1 Å². The quantitative estimate of drug-likeness (QED) is 0.834. The van der Waals surface area contributed by atoms with Crippen LogP contribution in [-0.4, -0.2) is 61.4 Å². The van der Waals surface area contributed by atoms with Gasteiger partial charge in [-0.15, -0.1) is 0 Å². The Morgan fingerprint density at radius 1 is 1.22 bits per heavy atom. The third kappa shape index (κ3) is 3.87. The molecule has 2 heterocycles. The second-order valence-corrected chi connectivity index (χ2v) is 7.93. The first-order valence-electron chi connectivity index (χ1n) is 9.27. The van der Waals surface area contributed by atoms with Gasteiger partial charge >= 0.3 is 0 Å². The molecule has 0 spiro atoms. The van der Waals surface area contributed by atoms with Crippen molar-refractivity contribution in [3.05, 3.63) is 0 Å². The summed E-state index contributed by atoms with van der Waals surface area (Å²) in [5, 5.41) is 3.68. The lowest BCUT2D eigenvalue weighted by molar-refractivity contribution is -0.142. The molecular weight excluding hydrogens is 290 g/mol. The monoisotopic (exact) mass is 321 g/mol. The zero-order chi connectivity index (χ0) is 16.4. The molecule has 3 atom stereocenters. The van der Waals surface area contributed by atoms with Crippen LogP contribution in [0.4, 0.5) is 0 Å². The van der Waals surface area contributed by atoms with Gasteiger partial charge in [-0.3, -0.25) is 9.59 Å². The fourth-order valence-electron chi connectivity index (χ4n) is 4.30. The molecule has 0 aromatic heterocycles. The van der Waals surface area contributed by atoms with Crippen LogP contribution in [0, 0.1) is 17.8 Å². The maximum absolute atomic E-state index is 12.6. The Morgan fingerprint density at radius 3 is 2.65 bits per heavy atom. The third-order valence-corrected chi connectivity index (χ3v) is 5.98. The maximum Gasteiger partial charge on any atom is 0.225 e. The number of piperidine rings is 2. The Bertz CT molecular complexity index is 448. The molecule has 0 aromatic carbocycles. The minimum atomic E-state index is 0.212. The minimum absolute atomic E-state index is 0.212. The smallest absolute Gasteiger partial charge is 0.225 e. The van der Waals surface area contributed by atoms with E-state index in [0.29, 0.717) is 36.1 Å². The molecule has 1 saturated carbocycles. The van der Waals surface area contributed by atoms with Gasteiger partial charge in [0.25, 0.3) is 0 Å². The molecule has 0 aromatic rings. The lowest BCUT2D eigenvalue weighted by Gasteiger charge is -2.47.